The Hall–Kier alpha value is -1.64. The lowest BCUT2D eigenvalue weighted by Crippen LogP contribution is -2.37. The molecule has 112 valence electrons. The molecule has 0 aromatic heterocycles. The van der Waals surface area contributed by atoms with Gasteiger partial charge in [0, 0.05) is 12.2 Å². The summed E-state index contributed by atoms with van der Waals surface area (Å²) in [5.41, 5.74) is 6.50. The maximum atomic E-state index is 12.1. The van der Waals surface area contributed by atoms with Crippen LogP contribution in [-0.2, 0) is 26.0 Å². The van der Waals surface area contributed by atoms with Gasteiger partial charge in [0.15, 0.2) is 6.10 Å². The third kappa shape index (κ3) is 3.92. The third-order valence-corrected chi connectivity index (χ3v) is 4.21. The highest BCUT2D eigenvalue weighted by atomic mass is 32.2. The lowest BCUT2D eigenvalue weighted by molar-refractivity contribution is -0.149. The predicted octanol–water partition coefficient (Wildman–Crippen LogP) is -0.357. The van der Waals surface area contributed by atoms with Crippen molar-refractivity contribution in [3.63, 3.8) is 0 Å². The summed E-state index contributed by atoms with van der Waals surface area (Å²) in [6.45, 7) is 1.35. The minimum Gasteiger partial charge on any atom is -0.467 e. The highest BCUT2D eigenvalue weighted by Crippen LogP contribution is 2.19. The Morgan fingerprint density at radius 3 is 2.70 bits per heavy atom. The number of hydrogen-bond donors (Lipinski definition) is 3. The van der Waals surface area contributed by atoms with Crippen LogP contribution in [0.15, 0.2) is 23.1 Å². The predicted molar refractivity (Wildman–Crippen MR) is 73.4 cm³/mol. The number of esters is 1. The second kappa shape index (κ2) is 6.69. The van der Waals surface area contributed by atoms with Gasteiger partial charge in [-0.3, -0.25) is 0 Å². The molecule has 7 nitrogen and oxygen atoms in total. The van der Waals surface area contributed by atoms with Crippen molar-refractivity contribution in [1.29, 1.82) is 0 Å². The molecule has 1 aromatic carbocycles. The number of nitrogens with two attached hydrogens (primary N) is 1. The minimum absolute atomic E-state index is 0.0389. The van der Waals surface area contributed by atoms with Gasteiger partial charge < -0.3 is 15.6 Å². The molecule has 0 spiro atoms. The zero-order chi connectivity index (χ0) is 15.3. The largest absolute Gasteiger partial charge is 0.467 e. The van der Waals surface area contributed by atoms with Crippen LogP contribution >= 0.6 is 0 Å². The summed E-state index contributed by atoms with van der Waals surface area (Å²) >= 11 is 0. The quantitative estimate of drug-likeness (QED) is 0.488. The van der Waals surface area contributed by atoms with E-state index in [1.807, 2.05) is 6.92 Å². The average Bonchev–Trinajstić information content (AvgIpc) is 2.43. The highest BCUT2D eigenvalue weighted by Gasteiger charge is 2.22. The van der Waals surface area contributed by atoms with E-state index in [4.69, 9.17) is 5.73 Å². The van der Waals surface area contributed by atoms with E-state index in [1.54, 1.807) is 12.1 Å². The minimum atomic E-state index is -3.86. The fourth-order valence-electron chi connectivity index (χ4n) is 1.60. The molecule has 1 atom stereocenters. The lowest BCUT2D eigenvalue weighted by Gasteiger charge is -2.13. The molecule has 4 N–H and O–H groups in total. The first-order valence-corrected chi connectivity index (χ1v) is 7.44. The molecule has 0 aliphatic rings. The van der Waals surface area contributed by atoms with Gasteiger partial charge >= 0.3 is 5.97 Å². The van der Waals surface area contributed by atoms with E-state index < -0.39 is 28.6 Å². The Morgan fingerprint density at radius 2 is 2.15 bits per heavy atom. The number of nitrogen functional groups attached to an aromatic ring is 1. The van der Waals surface area contributed by atoms with E-state index in [1.165, 1.54) is 6.07 Å². The van der Waals surface area contributed by atoms with Gasteiger partial charge in [-0.05, 0) is 24.1 Å². The Balaban J connectivity index is 2.94. The third-order valence-electron chi connectivity index (χ3n) is 2.70. The van der Waals surface area contributed by atoms with Crippen LogP contribution < -0.4 is 10.5 Å². The lowest BCUT2D eigenvalue weighted by atomic mass is 10.1. The summed E-state index contributed by atoms with van der Waals surface area (Å²) in [6, 6.07) is 4.58. The zero-order valence-corrected chi connectivity index (χ0v) is 12.1. The van der Waals surface area contributed by atoms with E-state index >= 15 is 0 Å². The Labute approximate surface area is 117 Å². The van der Waals surface area contributed by atoms with Crippen molar-refractivity contribution >= 4 is 21.7 Å². The molecular weight excluding hydrogens is 284 g/mol. The van der Waals surface area contributed by atoms with Crippen molar-refractivity contribution in [2.24, 2.45) is 0 Å². The molecule has 0 bridgehead atoms. The second-order valence-electron chi connectivity index (χ2n) is 4.11. The standard InChI is InChI=1S/C12H18N2O5S/c1-3-8-4-5-9(13)6-11(8)20(17,18)14-7-10(15)12(16)19-2/h4-6,10,14-15H,3,7,13H2,1-2H3. The average molecular weight is 302 g/mol. The molecule has 0 saturated carbocycles. The number of nitrogens with one attached hydrogen (secondary N) is 1. The van der Waals surface area contributed by atoms with E-state index in [0.717, 1.165) is 7.11 Å². The van der Waals surface area contributed by atoms with Crippen molar-refractivity contribution in [1.82, 2.24) is 4.72 Å². The Bertz CT molecular complexity index is 586. The summed E-state index contributed by atoms with van der Waals surface area (Å²) in [6.07, 6.45) is -1.04. The van der Waals surface area contributed by atoms with Crippen LogP contribution in [0.3, 0.4) is 0 Å². The van der Waals surface area contributed by atoms with Crippen molar-refractivity contribution < 1.29 is 23.1 Å². The molecule has 0 aliphatic heterocycles. The number of methoxy groups -OCH3 is 1. The molecule has 1 aromatic rings. The smallest absolute Gasteiger partial charge is 0.336 e. The molecule has 0 heterocycles. The molecule has 1 rings (SSSR count). The number of carbonyl (C=O) groups is 1. The topological polar surface area (TPSA) is 119 Å². The fourth-order valence-corrected chi connectivity index (χ4v) is 2.98. The van der Waals surface area contributed by atoms with E-state index in [-0.39, 0.29) is 4.90 Å². The van der Waals surface area contributed by atoms with Gasteiger partial charge in [0.1, 0.15) is 0 Å². The van der Waals surface area contributed by atoms with E-state index in [2.05, 4.69) is 9.46 Å². The first kappa shape index (κ1) is 16.4. The van der Waals surface area contributed by atoms with Gasteiger partial charge in [-0.1, -0.05) is 13.0 Å². The number of benzene rings is 1. The number of hydrogen-bond acceptors (Lipinski definition) is 6. The summed E-state index contributed by atoms with van der Waals surface area (Å²) in [5.74, 6) is -0.906. The highest BCUT2D eigenvalue weighted by molar-refractivity contribution is 7.89. The second-order valence-corrected chi connectivity index (χ2v) is 5.85. The SMILES string of the molecule is CCc1ccc(N)cc1S(=O)(=O)NCC(O)C(=O)OC. The fraction of sp³-hybridized carbons (Fsp3) is 0.417. The number of carbonyl (C=O) groups excluding carboxylic acids is 1. The Kier molecular flexibility index (Phi) is 5.49. The maximum absolute atomic E-state index is 12.1. The number of aliphatic hydroxyl groups excluding tert-OH is 1. The van der Waals surface area contributed by atoms with Crippen molar-refractivity contribution in [2.75, 3.05) is 19.4 Å². The summed E-state index contributed by atoms with van der Waals surface area (Å²) in [5, 5.41) is 9.38. The zero-order valence-electron chi connectivity index (χ0n) is 11.3. The van der Waals surface area contributed by atoms with Crippen molar-refractivity contribution in [3.05, 3.63) is 23.8 Å². The number of aryl methyl sites for hydroxylation is 1. The van der Waals surface area contributed by atoms with Crippen LogP contribution in [0.2, 0.25) is 0 Å². The van der Waals surface area contributed by atoms with Gasteiger partial charge in [0.2, 0.25) is 10.0 Å². The van der Waals surface area contributed by atoms with E-state index in [9.17, 15) is 18.3 Å². The van der Waals surface area contributed by atoms with Crippen LogP contribution in [-0.4, -0.2) is 39.3 Å². The number of sulfonamides is 1. The van der Waals surface area contributed by atoms with Gasteiger partial charge in [0.25, 0.3) is 0 Å². The van der Waals surface area contributed by atoms with Crippen molar-refractivity contribution in [2.45, 2.75) is 24.3 Å². The number of anilines is 1. The molecule has 20 heavy (non-hydrogen) atoms. The molecule has 1 unspecified atom stereocenters. The van der Waals surface area contributed by atoms with Crippen LogP contribution in [0, 0.1) is 0 Å². The van der Waals surface area contributed by atoms with Gasteiger partial charge in [-0.15, -0.1) is 0 Å². The number of ether oxygens (including phenoxy) is 1. The normalized spacial score (nSPS) is 12.9. The van der Waals surface area contributed by atoms with Crippen LogP contribution in [0.5, 0.6) is 0 Å². The number of rotatable bonds is 6. The summed E-state index contributed by atoms with van der Waals surface area (Å²) < 4.78 is 30.8. The molecule has 0 amide bonds. The molecule has 8 heteroatoms. The molecule has 0 aliphatic carbocycles. The van der Waals surface area contributed by atoms with Crippen LogP contribution in [0.4, 0.5) is 5.69 Å². The molecular formula is C12H18N2O5S. The van der Waals surface area contributed by atoms with Crippen LogP contribution in [0.25, 0.3) is 0 Å². The molecule has 0 saturated heterocycles. The summed E-state index contributed by atoms with van der Waals surface area (Å²) in [4.78, 5) is 11.1. The van der Waals surface area contributed by atoms with Crippen molar-refractivity contribution in [3.8, 4) is 0 Å². The van der Waals surface area contributed by atoms with E-state index in [0.29, 0.717) is 17.7 Å². The monoisotopic (exact) mass is 302 g/mol. The molecule has 0 fully saturated rings. The number of aliphatic hydroxyl groups is 1. The molecule has 0 radical (unpaired) electrons. The first-order chi connectivity index (χ1) is 9.31. The summed E-state index contributed by atoms with van der Waals surface area (Å²) in [7, 11) is -2.76. The van der Waals surface area contributed by atoms with Gasteiger partial charge in [-0.25, -0.2) is 17.9 Å². The first-order valence-electron chi connectivity index (χ1n) is 5.95. The maximum Gasteiger partial charge on any atom is 0.336 e. The van der Waals surface area contributed by atoms with Gasteiger partial charge in [0.05, 0.1) is 12.0 Å². The van der Waals surface area contributed by atoms with Gasteiger partial charge in [-0.2, -0.15) is 0 Å². The Morgan fingerprint density at radius 1 is 1.50 bits per heavy atom. The van der Waals surface area contributed by atoms with Crippen LogP contribution in [0.1, 0.15) is 12.5 Å².